The lowest BCUT2D eigenvalue weighted by atomic mass is 9.96. The zero-order valence-corrected chi connectivity index (χ0v) is 8.96. The van der Waals surface area contributed by atoms with Gasteiger partial charge in [-0.05, 0) is 19.3 Å². The fourth-order valence-electron chi connectivity index (χ4n) is 0.893. The van der Waals surface area contributed by atoms with Crippen LogP contribution < -0.4 is 0 Å². The molecule has 0 aromatic heterocycles. The zero-order valence-electron chi connectivity index (χ0n) is 6.69. The van der Waals surface area contributed by atoms with Crippen LogP contribution >= 0.6 is 34.8 Å². The molecule has 0 unspecified atom stereocenters. The van der Waals surface area contributed by atoms with Crippen molar-refractivity contribution in [3.05, 3.63) is 0 Å². The third kappa shape index (κ3) is 2.68. The van der Waals surface area contributed by atoms with Crippen molar-refractivity contribution in [2.45, 2.75) is 29.2 Å². The Morgan fingerprint density at radius 2 is 2.00 bits per heavy atom. The van der Waals surface area contributed by atoms with Crippen molar-refractivity contribution in [1.29, 1.82) is 0 Å². The number of nitrogens with zero attached hydrogens (tertiary/aromatic N) is 1. The first kappa shape index (κ1) is 10.4. The van der Waals surface area contributed by atoms with Gasteiger partial charge in [0.2, 0.25) is 5.90 Å². The molecule has 1 aliphatic carbocycles. The number of halogens is 3. The van der Waals surface area contributed by atoms with E-state index in [4.69, 9.17) is 39.5 Å². The molecule has 2 nitrogen and oxygen atoms in total. The first-order valence-corrected chi connectivity index (χ1v) is 4.88. The quantitative estimate of drug-likeness (QED) is 0.386. The highest BCUT2D eigenvalue weighted by atomic mass is 35.6. The molecule has 0 bridgehead atoms. The highest BCUT2D eigenvalue weighted by Crippen LogP contribution is 2.32. The van der Waals surface area contributed by atoms with Gasteiger partial charge in [-0.3, -0.25) is 4.99 Å². The van der Waals surface area contributed by atoms with E-state index in [0.29, 0.717) is 0 Å². The van der Waals surface area contributed by atoms with E-state index in [-0.39, 0.29) is 12.0 Å². The minimum atomic E-state index is -1.52. The average molecular weight is 231 g/mol. The monoisotopic (exact) mass is 229 g/mol. The Labute approximate surface area is 86.8 Å². The van der Waals surface area contributed by atoms with Gasteiger partial charge in [0.15, 0.2) is 0 Å². The molecule has 0 aliphatic heterocycles. The summed E-state index contributed by atoms with van der Waals surface area (Å²) in [6.07, 6.45) is 3.43. The fourth-order valence-corrected chi connectivity index (χ4v) is 1.28. The highest BCUT2D eigenvalue weighted by Gasteiger charge is 2.33. The van der Waals surface area contributed by atoms with E-state index in [1.54, 1.807) is 7.05 Å². The number of rotatable bonds is 1. The van der Waals surface area contributed by atoms with Crippen LogP contribution in [0.2, 0.25) is 0 Å². The van der Waals surface area contributed by atoms with Gasteiger partial charge < -0.3 is 4.74 Å². The Hall–Kier alpha value is 0.340. The van der Waals surface area contributed by atoms with E-state index in [9.17, 15) is 0 Å². The maximum Gasteiger partial charge on any atom is 0.266 e. The van der Waals surface area contributed by atoms with Crippen LogP contribution in [0.4, 0.5) is 0 Å². The van der Waals surface area contributed by atoms with Crippen LogP contribution in [0.5, 0.6) is 0 Å². The van der Waals surface area contributed by atoms with Crippen LogP contribution in [0.3, 0.4) is 0 Å². The molecule has 0 aromatic rings. The number of alkyl halides is 3. The molecule has 0 radical (unpaired) electrons. The number of hydrogen-bond acceptors (Lipinski definition) is 2. The van der Waals surface area contributed by atoms with Crippen molar-refractivity contribution < 1.29 is 4.74 Å². The molecule has 0 atom stereocenters. The molecule has 1 rings (SSSR count). The first-order chi connectivity index (χ1) is 5.54. The van der Waals surface area contributed by atoms with Crippen LogP contribution in [0.25, 0.3) is 0 Å². The van der Waals surface area contributed by atoms with Gasteiger partial charge in [0.05, 0.1) is 0 Å². The van der Waals surface area contributed by atoms with Gasteiger partial charge in [0.1, 0.15) is 6.10 Å². The summed E-state index contributed by atoms with van der Waals surface area (Å²) in [5.41, 5.74) is 0. The van der Waals surface area contributed by atoms with Crippen LogP contribution in [0, 0.1) is 0 Å². The van der Waals surface area contributed by atoms with Gasteiger partial charge >= 0.3 is 0 Å². The Balaban J connectivity index is 2.46. The minimum absolute atomic E-state index is 0.192. The van der Waals surface area contributed by atoms with E-state index in [0.717, 1.165) is 12.8 Å². The fraction of sp³-hybridized carbons (Fsp3) is 0.857. The van der Waals surface area contributed by atoms with Crippen molar-refractivity contribution in [3.63, 3.8) is 0 Å². The smallest absolute Gasteiger partial charge is 0.266 e. The van der Waals surface area contributed by atoms with E-state index in [2.05, 4.69) is 4.99 Å². The van der Waals surface area contributed by atoms with Crippen LogP contribution in [0.15, 0.2) is 4.99 Å². The van der Waals surface area contributed by atoms with Crippen molar-refractivity contribution in [3.8, 4) is 0 Å². The van der Waals surface area contributed by atoms with Crippen molar-refractivity contribution in [1.82, 2.24) is 0 Å². The van der Waals surface area contributed by atoms with Gasteiger partial charge in [-0.25, -0.2) is 0 Å². The number of hydrogen-bond donors (Lipinski definition) is 0. The molecule has 70 valence electrons. The summed E-state index contributed by atoms with van der Waals surface area (Å²) in [7, 11) is 1.55. The summed E-state index contributed by atoms with van der Waals surface area (Å²) in [6.45, 7) is 0. The normalized spacial score (nSPS) is 20.5. The molecule has 0 saturated heterocycles. The lowest BCUT2D eigenvalue weighted by Gasteiger charge is -2.28. The maximum absolute atomic E-state index is 5.60. The molecule has 0 N–H and O–H groups in total. The standard InChI is InChI=1S/C7H10Cl3NO/c1-11-6(7(8,9)10)12-5-3-2-4-5/h5H,2-4H2,1H3. The summed E-state index contributed by atoms with van der Waals surface area (Å²) in [5.74, 6) is 0.192. The third-order valence-electron chi connectivity index (χ3n) is 1.78. The van der Waals surface area contributed by atoms with E-state index in [1.165, 1.54) is 6.42 Å². The molecule has 0 amide bonds. The van der Waals surface area contributed by atoms with Crippen LogP contribution in [0.1, 0.15) is 19.3 Å². The lowest BCUT2D eigenvalue weighted by molar-refractivity contribution is 0.105. The molecule has 12 heavy (non-hydrogen) atoms. The van der Waals surface area contributed by atoms with Gasteiger partial charge in [0.25, 0.3) is 3.79 Å². The molecule has 1 aliphatic rings. The second-order valence-corrected chi connectivity index (χ2v) is 4.98. The molecule has 1 fully saturated rings. The lowest BCUT2D eigenvalue weighted by Crippen LogP contribution is -2.31. The van der Waals surface area contributed by atoms with Crippen molar-refractivity contribution in [2.75, 3.05) is 7.05 Å². The molecular weight excluding hydrogens is 220 g/mol. The second kappa shape index (κ2) is 4.03. The predicted molar refractivity (Wildman–Crippen MR) is 52.4 cm³/mol. The minimum Gasteiger partial charge on any atom is -0.475 e. The molecule has 0 heterocycles. The Morgan fingerprint density at radius 3 is 2.25 bits per heavy atom. The van der Waals surface area contributed by atoms with Gasteiger partial charge in [-0.2, -0.15) is 0 Å². The molecular formula is C7H10Cl3NO. The van der Waals surface area contributed by atoms with E-state index in [1.807, 2.05) is 0 Å². The van der Waals surface area contributed by atoms with Gasteiger partial charge in [-0.15, -0.1) is 0 Å². The SMILES string of the molecule is CN=C(OC1CCC1)C(Cl)(Cl)Cl. The van der Waals surface area contributed by atoms with Crippen molar-refractivity contribution >= 4 is 40.7 Å². The number of ether oxygens (including phenoxy) is 1. The van der Waals surface area contributed by atoms with E-state index >= 15 is 0 Å². The third-order valence-corrected chi connectivity index (χ3v) is 2.26. The summed E-state index contributed by atoms with van der Waals surface area (Å²) < 4.78 is 3.83. The Bertz CT molecular complexity index is 184. The number of aliphatic imine (C=N–C) groups is 1. The van der Waals surface area contributed by atoms with Gasteiger partial charge in [0, 0.05) is 7.05 Å². The van der Waals surface area contributed by atoms with Crippen molar-refractivity contribution in [2.24, 2.45) is 4.99 Å². The summed E-state index contributed by atoms with van der Waals surface area (Å²) in [4.78, 5) is 3.78. The summed E-state index contributed by atoms with van der Waals surface area (Å²) >= 11 is 16.8. The second-order valence-electron chi connectivity index (χ2n) is 2.70. The average Bonchev–Trinajstić information content (AvgIpc) is 1.82. The van der Waals surface area contributed by atoms with Crippen LogP contribution in [-0.2, 0) is 4.74 Å². The largest absolute Gasteiger partial charge is 0.475 e. The van der Waals surface area contributed by atoms with Crippen LogP contribution in [-0.4, -0.2) is 22.8 Å². The Morgan fingerprint density at radius 1 is 1.42 bits per heavy atom. The summed E-state index contributed by atoms with van der Waals surface area (Å²) in [6, 6.07) is 0. The molecule has 0 aromatic carbocycles. The highest BCUT2D eigenvalue weighted by molar-refractivity contribution is 6.76. The Kier molecular flexibility index (Phi) is 3.50. The van der Waals surface area contributed by atoms with E-state index < -0.39 is 3.79 Å². The maximum atomic E-state index is 5.60. The molecule has 1 saturated carbocycles. The summed E-state index contributed by atoms with van der Waals surface area (Å²) in [5, 5.41) is 0. The predicted octanol–water partition coefficient (Wildman–Crippen LogP) is 2.95. The first-order valence-electron chi connectivity index (χ1n) is 3.74. The van der Waals surface area contributed by atoms with Gasteiger partial charge in [-0.1, -0.05) is 34.8 Å². The zero-order chi connectivity index (χ0) is 9.19. The molecule has 0 spiro atoms. The molecule has 5 heteroatoms. The topological polar surface area (TPSA) is 21.6 Å².